The van der Waals surface area contributed by atoms with Gasteiger partial charge in [-0.25, -0.2) is 8.42 Å². The van der Waals surface area contributed by atoms with Gasteiger partial charge in [0.15, 0.2) is 0 Å². The third-order valence-corrected chi connectivity index (χ3v) is 10.7. The van der Waals surface area contributed by atoms with Crippen molar-refractivity contribution in [3.8, 4) is 11.1 Å². The van der Waals surface area contributed by atoms with Gasteiger partial charge in [-0.2, -0.15) is 0 Å². The molecule has 6 rings (SSSR count). The number of piperidine rings is 1. The topological polar surface area (TPSA) is 79.2 Å². The molecule has 3 atom stereocenters. The molecule has 2 fully saturated rings. The molecular weight excluding hydrogens is 522 g/mol. The molecule has 0 N–H and O–H groups in total. The van der Waals surface area contributed by atoms with E-state index < -0.39 is 14.8 Å². The van der Waals surface area contributed by atoms with Crippen molar-refractivity contribution in [2.24, 2.45) is 10.2 Å². The summed E-state index contributed by atoms with van der Waals surface area (Å²) in [4.78, 5) is 12.9. The van der Waals surface area contributed by atoms with E-state index in [1.807, 2.05) is 35.2 Å². The number of azo groups is 1. The maximum atomic E-state index is 14.5. The highest BCUT2D eigenvalue weighted by molar-refractivity contribution is 9.11. The summed E-state index contributed by atoms with van der Waals surface area (Å²) in [5.74, 6) is 0.191. The minimum absolute atomic E-state index is 0.179. The molecule has 1 aromatic heterocycles. The quantitative estimate of drug-likeness (QED) is 0.402. The van der Waals surface area contributed by atoms with E-state index in [0.29, 0.717) is 23.4 Å². The first-order chi connectivity index (χ1) is 15.9. The van der Waals surface area contributed by atoms with Gasteiger partial charge in [0.05, 0.1) is 14.2 Å². The van der Waals surface area contributed by atoms with Crippen LogP contribution in [0.15, 0.2) is 79.6 Å². The second-order valence-corrected chi connectivity index (χ2v) is 13.0. The molecule has 0 spiro atoms. The summed E-state index contributed by atoms with van der Waals surface area (Å²) in [5.41, 5.74) is 2.30. The lowest BCUT2D eigenvalue weighted by Gasteiger charge is -2.44. The SMILES string of the molecule is O=C1CC2CCC(C1)N2C1(S(=O)(=O)c2ccccc2)N=Nc2sc(Br)c(-c3ccccc3)c21. The van der Waals surface area contributed by atoms with Gasteiger partial charge in [-0.05, 0) is 46.5 Å². The number of hydrogen-bond acceptors (Lipinski definition) is 7. The van der Waals surface area contributed by atoms with Crippen LogP contribution in [0.25, 0.3) is 11.1 Å². The van der Waals surface area contributed by atoms with Crippen molar-refractivity contribution in [2.45, 2.75) is 47.7 Å². The molecule has 3 aliphatic heterocycles. The maximum absolute atomic E-state index is 14.5. The molecule has 9 heteroatoms. The van der Waals surface area contributed by atoms with Crippen molar-refractivity contribution in [1.29, 1.82) is 0 Å². The molecule has 2 aromatic carbocycles. The summed E-state index contributed by atoms with van der Waals surface area (Å²) in [7, 11) is -4.03. The Kier molecular flexibility index (Phi) is 4.95. The van der Waals surface area contributed by atoms with Crippen LogP contribution in [-0.2, 0) is 19.6 Å². The zero-order valence-electron chi connectivity index (χ0n) is 17.5. The number of halogens is 1. The average Bonchev–Trinajstić information content (AvgIpc) is 3.43. The number of carbonyl (C=O) groups excluding carboxylic acids is 1. The first-order valence-corrected chi connectivity index (χ1v) is 13.9. The minimum Gasteiger partial charge on any atom is -0.300 e. The fourth-order valence-corrected chi connectivity index (χ4v) is 9.44. The van der Waals surface area contributed by atoms with Crippen LogP contribution in [0.3, 0.4) is 0 Å². The lowest BCUT2D eigenvalue weighted by atomic mass is 9.96. The van der Waals surface area contributed by atoms with Crippen LogP contribution >= 0.6 is 27.3 Å². The van der Waals surface area contributed by atoms with Crippen molar-refractivity contribution < 1.29 is 13.2 Å². The Hall–Kier alpha value is -2.20. The van der Waals surface area contributed by atoms with Crippen LogP contribution in [0.2, 0.25) is 0 Å². The van der Waals surface area contributed by atoms with Crippen molar-refractivity contribution >= 4 is 47.9 Å². The molecule has 0 radical (unpaired) electrons. The molecular formula is C24H20BrN3O3S2. The van der Waals surface area contributed by atoms with Crippen LogP contribution in [0, 0.1) is 0 Å². The number of Topliss-reactive ketones (excluding diaryl/α,β-unsaturated/α-hetero) is 1. The van der Waals surface area contributed by atoms with E-state index in [9.17, 15) is 13.2 Å². The van der Waals surface area contributed by atoms with Crippen molar-refractivity contribution in [1.82, 2.24) is 4.90 Å². The molecule has 3 aromatic rings. The van der Waals surface area contributed by atoms with E-state index in [2.05, 4.69) is 26.2 Å². The molecule has 0 aliphatic carbocycles. The second-order valence-electron chi connectivity index (χ2n) is 8.66. The van der Waals surface area contributed by atoms with E-state index in [0.717, 1.165) is 27.8 Å². The number of ketones is 1. The van der Waals surface area contributed by atoms with E-state index in [-0.39, 0.29) is 22.8 Å². The smallest absolute Gasteiger partial charge is 0.270 e. The number of thiophene rings is 1. The number of rotatable bonds is 4. The van der Waals surface area contributed by atoms with Crippen LogP contribution in [0.1, 0.15) is 31.2 Å². The lowest BCUT2D eigenvalue weighted by molar-refractivity contribution is -0.125. The van der Waals surface area contributed by atoms with Crippen molar-refractivity contribution in [3.63, 3.8) is 0 Å². The van der Waals surface area contributed by atoms with Gasteiger partial charge in [0.25, 0.3) is 4.99 Å². The Morgan fingerprint density at radius 2 is 1.58 bits per heavy atom. The van der Waals surface area contributed by atoms with Crippen molar-refractivity contribution in [2.75, 3.05) is 0 Å². The Labute approximate surface area is 204 Å². The van der Waals surface area contributed by atoms with Gasteiger partial charge in [0.2, 0.25) is 9.84 Å². The van der Waals surface area contributed by atoms with Gasteiger partial charge < -0.3 is 0 Å². The third-order valence-electron chi connectivity index (χ3n) is 6.84. The largest absolute Gasteiger partial charge is 0.300 e. The first-order valence-electron chi connectivity index (χ1n) is 10.8. The number of sulfone groups is 1. The fraction of sp³-hybridized carbons (Fsp3) is 0.292. The zero-order chi connectivity index (χ0) is 22.8. The van der Waals surface area contributed by atoms with Crippen LogP contribution in [0.4, 0.5) is 5.00 Å². The summed E-state index contributed by atoms with van der Waals surface area (Å²) in [6.45, 7) is 0. The first kappa shape index (κ1) is 21.3. The van der Waals surface area contributed by atoms with Crippen LogP contribution in [0.5, 0.6) is 0 Å². The van der Waals surface area contributed by atoms with E-state index in [1.54, 1.807) is 30.3 Å². The lowest BCUT2D eigenvalue weighted by Crippen LogP contribution is -2.57. The Morgan fingerprint density at radius 3 is 2.21 bits per heavy atom. The van der Waals surface area contributed by atoms with Gasteiger partial charge in [0.1, 0.15) is 10.8 Å². The van der Waals surface area contributed by atoms with E-state index in [4.69, 9.17) is 0 Å². The minimum atomic E-state index is -4.03. The van der Waals surface area contributed by atoms with Gasteiger partial charge in [-0.1, -0.05) is 48.5 Å². The Morgan fingerprint density at radius 1 is 0.970 bits per heavy atom. The van der Waals surface area contributed by atoms with Gasteiger partial charge in [-0.3, -0.25) is 9.69 Å². The molecule has 2 saturated heterocycles. The highest BCUT2D eigenvalue weighted by Crippen LogP contribution is 2.61. The molecule has 0 amide bonds. The van der Waals surface area contributed by atoms with Crippen LogP contribution in [-0.4, -0.2) is 31.2 Å². The molecule has 33 heavy (non-hydrogen) atoms. The highest BCUT2D eigenvalue weighted by atomic mass is 79.9. The zero-order valence-corrected chi connectivity index (χ0v) is 20.7. The third kappa shape index (κ3) is 2.99. The Bertz CT molecular complexity index is 1370. The molecule has 4 heterocycles. The normalized spacial score (nSPS) is 26.6. The van der Waals surface area contributed by atoms with E-state index in [1.165, 1.54) is 11.3 Å². The predicted octanol–water partition coefficient (Wildman–Crippen LogP) is 6.06. The monoisotopic (exact) mass is 541 g/mol. The number of fused-ring (bicyclic) bond motifs is 3. The van der Waals surface area contributed by atoms with Crippen LogP contribution < -0.4 is 0 Å². The summed E-state index contributed by atoms with van der Waals surface area (Å²) >= 11 is 5.08. The molecule has 3 unspecified atom stereocenters. The standard InChI is InChI=1S/C24H20BrN3O3S2/c25-22-20(15-7-3-1-4-8-15)21-23(32-22)26-27-24(21,33(30,31)19-9-5-2-6-10-19)28-16-11-12-17(28)14-18(29)13-16/h1-10,16-17H,11-14H2. The Balaban J connectivity index is 1.67. The average molecular weight is 542 g/mol. The summed E-state index contributed by atoms with van der Waals surface area (Å²) in [6.07, 6.45) is 2.25. The number of nitrogens with zero attached hydrogens (tertiary/aromatic N) is 3. The van der Waals surface area contributed by atoms with E-state index >= 15 is 0 Å². The summed E-state index contributed by atoms with van der Waals surface area (Å²) < 4.78 is 29.9. The molecule has 168 valence electrons. The van der Waals surface area contributed by atoms with Gasteiger partial charge in [0, 0.05) is 30.5 Å². The summed E-state index contributed by atoms with van der Waals surface area (Å²) in [5, 5.41) is 9.65. The second kappa shape index (κ2) is 7.66. The maximum Gasteiger partial charge on any atom is 0.270 e. The molecule has 6 nitrogen and oxygen atoms in total. The molecule has 3 aliphatic rings. The predicted molar refractivity (Wildman–Crippen MR) is 130 cm³/mol. The number of benzene rings is 2. The fourth-order valence-electron chi connectivity index (χ4n) is 5.53. The highest BCUT2D eigenvalue weighted by Gasteiger charge is 2.63. The molecule has 0 saturated carbocycles. The van der Waals surface area contributed by atoms with Gasteiger partial charge in [-0.15, -0.1) is 21.6 Å². The number of hydrogen-bond donors (Lipinski definition) is 0. The summed E-state index contributed by atoms with van der Waals surface area (Å²) in [6, 6.07) is 17.9. The number of carbonyl (C=O) groups is 1. The van der Waals surface area contributed by atoms with Crippen molar-refractivity contribution in [3.05, 3.63) is 70.0 Å². The molecule has 2 bridgehead atoms. The van der Waals surface area contributed by atoms with Gasteiger partial charge >= 0.3 is 0 Å².